The molecule has 3 aromatic rings. The van der Waals surface area contributed by atoms with E-state index in [9.17, 15) is 4.39 Å². The molecule has 0 radical (unpaired) electrons. The summed E-state index contributed by atoms with van der Waals surface area (Å²) in [6, 6.07) is 6.25. The SMILES string of the molecule is Fc1ccc(Nc2nc(Cl)nc3sccc23)cc1Cl. The molecule has 96 valence electrons. The van der Waals surface area contributed by atoms with Crippen LogP contribution in [0.1, 0.15) is 0 Å². The van der Waals surface area contributed by atoms with Crippen LogP contribution >= 0.6 is 34.5 Å². The Labute approximate surface area is 122 Å². The molecule has 0 saturated carbocycles. The Kier molecular flexibility index (Phi) is 3.26. The van der Waals surface area contributed by atoms with Crippen LogP contribution in [0.2, 0.25) is 10.3 Å². The second-order valence-electron chi connectivity index (χ2n) is 3.73. The summed E-state index contributed by atoms with van der Waals surface area (Å²) < 4.78 is 13.1. The highest BCUT2D eigenvalue weighted by Crippen LogP contribution is 2.29. The maximum atomic E-state index is 13.1. The first-order valence-corrected chi connectivity index (χ1v) is 6.90. The Morgan fingerprint density at radius 3 is 2.79 bits per heavy atom. The van der Waals surface area contributed by atoms with Gasteiger partial charge >= 0.3 is 0 Å². The van der Waals surface area contributed by atoms with E-state index in [4.69, 9.17) is 23.2 Å². The minimum Gasteiger partial charge on any atom is -0.339 e. The summed E-state index contributed by atoms with van der Waals surface area (Å²) in [5.74, 6) is 0.104. The molecule has 19 heavy (non-hydrogen) atoms. The zero-order valence-corrected chi connectivity index (χ0v) is 11.7. The standard InChI is InChI=1S/C12H6Cl2FN3S/c13-8-5-6(1-2-9(8)15)16-10-7-3-4-19-11(7)18-12(14)17-10/h1-5H,(H,16,17,18). The fraction of sp³-hybridized carbons (Fsp3) is 0. The van der Waals surface area contributed by atoms with Crippen LogP contribution in [0, 0.1) is 5.82 Å². The Morgan fingerprint density at radius 1 is 1.16 bits per heavy atom. The van der Waals surface area contributed by atoms with Crippen LogP contribution in [0.25, 0.3) is 10.2 Å². The van der Waals surface area contributed by atoms with Crippen molar-refractivity contribution in [3.8, 4) is 0 Å². The van der Waals surface area contributed by atoms with Crippen LogP contribution in [-0.4, -0.2) is 9.97 Å². The van der Waals surface area contributed by atoms with E-state index in [-0.39, 0.29) is 10.3 Å². The van der Waals surface area contributed by atoms with E-state index in [1.165, 1.54) is 23.5 Å². The van der Waals surface area contributed by atoms with Crippen LogP contribution in [0.15, 0.2) is 29.6 Å². The van der Waals surface area contributed by atoms with Gasteiger partial charge in [-0.15, -0.1) is 11.3 Å². The number of fused-ring (bicyclic) bond motifs is 1. The van der Waals surface area contributed by atoms with Crippen LogP contribution in [0.5, 0.6) is 0 Å². The fourth-order valence-corrected chi connectivity index (χ4v) is 2.80. The molecular weight excluding hydrogens is 308 g/mol. The molecule has 0 saturated heterocycles. The number of benzene rings is 1. The van der Waals surface area contributed by atoms with Gasteiger partial charge in [0.2, 0.25) is 5.28 Å². The van der Waals surface area contributed by atoms with Crippen molar-refractivity contribution >= 4 is 56.3 Å². The highest BCUT2D eigenvalue weighted by Gasteiger charge is 2.09. The molecule has 0 unspecified atom stereocenters. The zero-order valence-electron chi connectivity index (χ0n) is 9.32. The first kappa shape index (κ1) is 12.6. The van der Waals surface area contributed by atoms with Crippen molar-refractivity contribution in [3.05, 3.63) is 45.8 Å². The summed E-state index contributed by atoms with van der Waals surface area (Å²) in [7, 11) is 0. The molecule has 0 amide bonds. The predicted octanol–water partition coefficient (Wildman–Crippen LogP) is 4.88. The molecule has 3 rings (SSSR count). The Hall–Kier alpha value is -1.43. The van der Waals surface area contributed by atoms with Crippen molar-refractivity contribution < 1.29 is 4.39 Å². The molecule has 2 aromatic heterocycles. The number of aromatic nitrogens is 2. The predicted molar refractivity (Wildman–Crippen MR) is 77.1 cm³/mol. The van der Waals surface area contributed by atoms with Gasteiger partial charge in [0.25, 0.3) is 0 Å². The number of nitrogens with one attached hydrogen (secondary N) is 1. The molecule has 0 aliphatic carbocycles. The lowest BCUT2D eigenvalue weighted by atomic mass is 10.3. The zero-order chi connectivity index (χ0) is 13.4. The van der Waals surface area contributed by atoms with Crippen molar-refractivity contribution in [1.82, 2.24) is 9.97 Å². The van der Waals surface area contributed by atoms with Crippen molar-refractivity contribution in [2.75, 3.05) is 5.32 Å². The van der Waals surface area contributed by atoms with Crippen molar-refractivity contribution in [2.24, 2.45) is 0 Å². The number of hydrogen-bond acceptors (Lipinski definition) is 4. The molecule has 3 nitrogen and oxygen atoms in total. The van der Waals surface area contributed by atoms with Gasteiger partial charge < -0.3 is 5.32 Å². The first-order chi connectivity index (χ1) is 9.13. The summed E-state index contributed by atoms with van der Waals surface area (Å²) in [5.41, 5.74) is 0.633. The van der Waals surface area contributed by atoms with E-state index in [1.54, 1.807) is 6.07 Å². The summed E-state index contributed by atoms with van der Waals surface area (Å²) in [6.45, 7) is 0. The third-order valence-corrected chi connectivity index (χ3v) is 3.75. The number of anilines is 2. The minimum absolute atomic E-state index is 0.0479. The maximum Gasteiger partial charge on any atom is 0.225 e. The van der Waals surface area contributed by atoms with Crippen LogP contribution in [0.3, 0.4) is 0 Å². The molecule has 1 aromatic carbocycles. The Morgan fingerprint density at radius 2 is 2.00 bits per heavy atom. The van der Waals surface area contributed by atoms with E-state index in [0.717, 1.165) is 10.2 Å². The average Bonchev–Trinajstić information content (AvgIpc) is 2.82. The second-order valence-corrected chi connectivity index (χ2v) is 5.37. The average molecular weight is 314 g/mol. The highest BCUT2D eigenvalue weighted by atomic mass is 35.5. The van der Waals surface area contributed by atoms with Gasteiger partial charge in [0.05, 0.1) is 10.4 Å². The van der Waals surface area contributed by atoms with Gasteiger partial charge in [0, 0.05) is 5.69 Å². The van der Waals surface area contributed by atoms with E-state index in [1.807, 2.05) is 11.4 Å². The van der Waals surface area contributed by atoms with Crippen LogP contribution in [-0.2, 0) is 0 Å². The monoisotopic (exact) mass is 313 g/mol. The Bertz CT molecular complexity index is 760. The summed E-state index contributed by atoms with van der Waals surface area (Å²) in [6.07, 6.45) is 0. The van der Waals surface area contributed by atoms with E-state index < -0.39 is 5.82 Å². The fourth-order valence-electron chi connectivity index (χ4n) is 1.64. The third kappa shape index (κ3) is 2.49. The summed E-state index contributed by atoms with van der Waals surface area (Å²) >= 11 is 13.1. The number of thiophene rings is 1. The number of nitrogens with zero attached hydrogens (tertiary/aromatic N) is 2. The first-order valence-electron chi connectivity index (χ1n) is 5.26. The number of hydrogen-bond donors (Lipinski definition) is 1. The van der Waals surface area contributed by atoms with Gasteiger partial charge in [-0.1, -0.05) is 11.6 Å². The lowest BCUT2D eigenvalue weighted by Gasteiger charge is -2.07. The molecule has 0 bridgehead atoms. The van der Waals surface area contributed by atoms with Gasteiger partial charge in [0.1, 0.15) is 16.5 Å². The van der Waals surface area contributed by atoms with Crippen LogP contribution in [0.4, 0.5) is 15.9 Å². The molecule has 1 N–H and O–H groups in total. The van der Waals surface area contributed by atoms with Crippen LogP contribution < -0.4 is 5.32 Å². The minimum atomic E-state index is -0.464. The molecule has 0 spiro atoms. The van der Waals surface area contributed by atoms with Gasteiger partial charge in [-0.25, -0.2) is 9.37 Å². The largest absolute Gasteiger partial charge is 0.339 e. The van der Waals surface area contributed by atoms with E-state index in [0.29, 0.717) is 11.5 Å². The summed E-state index contributed by atoms with van der Waals surface area (Å²) in [5, 5.41) is 6.03. The van der Waals surface area contributed by atoms with Gasteiger partial charge in [-0.3, -0.25) is 0 Å². The van der Waals surface area contributed by atoms with Gasteiger partial charge in [-0.2, -0.15) is 4.98 Å². The summed E-state index contributed by atoms with van der Waals surface area (Å²) in [4.78, 5) is 9.04. The third-order valence-electron chi connectivity index (χ3n) is 2.48. The highest BCUT2D eigenvalue weighted by molar-refractivity contribution is 7.16. The number of halogens is 3. The normalized spacial score (nSPS) is 10.9. The molecular formula is C12H6Cl2FN3S. The number of rotatable bonds is 2. The van der Waals surface area contributed by atoms with E-state index >= 15 is 0 Å². The molecule has 0 atom stereocenters. The topological polar surface area (TPSA) is 37.8 Å². The maximum absolute atomic E-state index is 13.1. The molecule has 0 fully saturated rings. The van der Waals surface area contributed by atoms with Crippen molar-refractivity contribution in [2.45, 2.75) is 0 Å². The molecule has 2 heterocycles. The lowest BCUT2D eigenvalue weighted by molar-refractivity contribution is 0.628. The van der Waals surface area contributed by atoms with Gasteiger partial charge in [0.15, 0.2) is 0 Å². The Balaban J connectivity index is 2.04. The molecule has 0 aliphatic heterocycles. The molecule has 0 aliphatic rings. The van der Waals surface area contributed by atoms with Gasteiger partial charge in [-0.05, 0) is 41.2 Å². The smallest absolute Gasteiger partial charge is 0.225 e. The lowest BCUT2D eigenvalue weighted by Crippen LogP contribution is -1.96. The quantitative estimate of drug-likeness (QED) is 0.685. The van der Waals surface area contributed by atoms with E-state index in [2.05, 4.69) is 15.3 Å². The second kappa shape index (κ2) is 4.92. The van der Waals surface area contributed by atoms with Crippen molar-refractivity contribution in [1.29, 1.82) is 0 Å². The molecule has 7 heteroatoms. The van der Waals surface area contributed by atoms with Crippen molar-refractivity contribution in [3.63, 3.8) is 0 Å².